The third kappa shape index (κ3) is 4.94. The largest absolute Gasteiger partial charge is 0.490 e. The first-order valence-electron chi connectivity index (χ1n) is 9.16. The number of aryl methyl sites for hydroxylation is 2. The maximum atomic E-state index is 12.3. The van der Waals surface area contributed by atoms with Gasteiger partial charge >= 0.3 is 0 Å². The summed E-state index contributed by atoms with van der Waals surface area (Å²) in [6.07, 6.45) is 1.86. The summed E-state index contributed by atoms with van der Waals surface area (Å²) in [6, 6.07) is 13.8. The van der Waals surface area contributed by atoms with Gasteiger partial charge in [-0.1, -0.05) is 53.8 Å². The maximum Gasteiger partial charge on any atom is 0.266 e. The van der Waals surface area contributed by atoms with Crippen LogP contribution in [0.1, 0.15) is 23.6 Å². The highest BCUT2D eigenvalue weighted by molar-refractivity contribution is 8.26. The molecule has 146 valence electrons. The molecule has 3 rings (SSSR count). The van der Waals surface area contributed by atoms with Gasteiger partial charge in [0.05, 0.1) is 4.91 Å². The van der Waals surface area contributed by atoms with Crippen LogP contribution in [0.25, 0.3) is 6.08 Å². The first-order valence-corrected chi connectivity index (χ1v) is 10.4. The van der Waals surface area contributed by atoms with Gasteiger partial charge in [0.2, 0.25) is 0 Å². The quantitative estimate of drug-likeness (QED) is 0.364. The van der Waals surface area contributed by atoms with Crippen molar-refractivity contribution in [3.05, 3.63) is 64.1 Å². The molecule has 28 heavy (non-hydrogen) atoms. The number of hydrogen-bond donors (Lipinski definition) is 0. The second-order valence-corrected chi connectivity index (χ2v) is 8.14. The molecular weight excluding hydrogens is 390 g/mol. The van der Waals surface area contributed by atoms with Gasteiger partial charge in [-0.2, -0.15) is 0 Å². The van der Waals surface area contributed by atoms with Crippen molar-refractivity contribution in [1.82, 2.24) is 4.90 Å². The zero-order valence-electron chi connectivity index (χ0n) is 16.2. The van der Waals surface area contributed by atoms with Gasteiger partial charge in [0.25, 0.3) is 5.91 Å². The van der Waals surface area contributed by atoms with Crippen molar-refractivity contribution in [2.24, 2.45) is 0 Å². The Hall–Kier alpha value is -2.31. The average molecular weight is 414 g/mol. The van der Waals surface area contributed by atoms with Gasteiger partial charge < -0.3 is 9.47 Å². The second-order valence-electron chi connectivity index (χ2n) is 6.46. The lowest BCUT2D eigenvalue weighted by molar-refractivity contribution is -0.121. The van der Waals surface area contributed by atoms with Crippen molar-refractivity contribution in [3.63, 3.8) is 0 Å². The number of hydrogen-bond acceptors (Lipinski definition) is 5. The number of carbonyl (C=O) groups excluding carboxylic acids is 1. The van der Waals surface area contributed by atoms with Crippen molar-refractivity contribution < 1.29 is 14.3 Å². The molecule has 0 saturated carbocycles. The zero-order chi connectivity index (χ0) is 20.1. The molecule has 1 heterocycles. The lowest BCUT2D eigenvalue weighted by Gasteiger charge is -2.11. The van der Waals surface area contributed by atoms with Crippen molar-refractivity contribution in [1.29, 1.82) is 0 Å². The Balaban J connectivity index is 1.57. The standard InChI is InChI=1S/C22H23NO3S2/c1-4-23-21(24)20(28-22(23)27)14-17-6-5-7-18(13-17)25-10-11-26-19-9-8-15(2)12-16(19)3/h5-9,12-14H,4,10-11H2,1-3H3/b20-14-. The summed E-state index contributed by atoms with van der Waals surface area (Å²) in [7, 11) is 0. The number of ether oxygens (including phenoxy) is 2. The molecule has 0 aromatic heterocycles. The molecule has 1 aliphatic rings. The van der Waals surface area contributed by atoms with Crippen LogP contribution in [0.15, 0.2) is 47.4 Å². The molecule has 0 N–H and O–H groups in total. The highest BCUT2D eigenvalue weighted by atomic mass is 32.2. The third-order valence-corrected chi connectivity index (χ3v) is 5.66. The molecule has 1 fully saturated rings. The Morgan fingerprint density at radius 1 is 1.11 bits per heavy atom. The number of nitrogens with zero attached hydrogens (tertiary/aromatic N) is 1. The lowest BCUT2D eigenvalue weighted by atomic mass is 10.1. The van der Waals surface area contributed by atoms with Crippen molar-refractivity contribution in [2.75, 3.05) is 19.8 Å². The van der Waals surface area contributed by atoms with Crippen molar-refractivity contribution in [2.45, 2.75) is 20.8 Å². The summed E-state index contributed by atoms with van der Waals surface area (Å²) < 4.78 is 12.2. The fraction of sp³-hybridized carbons (Fsp3) is 0.273. The molecule has 2 aromatic carbocycles. The van der Waals surface area contributed by atoms with E-state index >= 15 is 0 Å². The molecule has 0 unspecified atom stereocenters. The Morgan fingerprint density at radius 3 is 2.61 bits per heavy atom. The third-order valence-electron chi connectivity index (χ3n) is 4.29. The molecule has 2 aromatic rings. The number of amides is 1. The fourth-order valence-electron chi connectivity index (χ4n) is 2.89. The summed E-state index contributed by atoms with van der Waals surface area (Å²) in [5.74, 6) is 1.58. The van der Waals surface area contributed by atoms with Crippen LogP contribution in [-0.2, 0) is 4.79 Å². The molecule has 1 amide bonds. The van der Waals surface area contributed by atoms with E-state index in [1.165, 1.54) is 17.3 Å². The van der Waals surface area contributed by atoms with E-state index in [1.54, 1.807) is 4.90 Å². The van der Waals surface area contributed by atoms with Gasteiger partial charge in [0.15, 0.2) is 0 Å². The van der Waals surface area contributed by atoms with Crippen LogP contribution in [0.3, 0.4) is 0 Å². The molecule has 6 heteroatoms. The predicted octanol–water partition coefficient (Wildman–Crippen LogP) is 4.98. The Labute approximate surface area is 175 Å². The Morgan fingerprint density at radius 2 is 1.89 bits per heavy atom. The van der Waals surface area contributed by atoms with E-state index in [4.69, 9.17) is 21.7 Å². The normalized spacial score (nSPS) is 15.4. The molecule has 0 atom stereocenters. The topological polar surface area (TPSA) is 38.8 Å². The van der Waals surface area contributed by atoms with Crippen molar-refractivity contribution in [3.8, 4) is 11.5 Å². The predicted molar refractivity (Wildman–Crippen MR) is 119 cm³/mol. The molecule has 0 radical (unpaired) electrons. The Kier molecular flexibility index (Phi) is 6.75. The van der Waals surface area contributed by atoms with Gasteiger partial charge in [-0.25, -0.2) is 0 Å². The van der Waals surface area contributed by atoms with E-state index in [-0.39, 0.29) is 5.91 Å². The summed E-state index contributed by atoms with van der Waals surface area (Å²) in [6.45, 7) is 7.51. The second kappa shape index (κ2) is 9.26. The van der Waals surface area contributed by atoms with Crippen LogP contribution in [0, 0.1) is 13.8 Å². The summed E-state index contributed by atoms with van der Waals surface area (Å²) in [4.78, 5) is 14.6. The van der Waals surface area contributed by atoms with Crippen LogP contribution in [-0.4, -0.2) is 34.9 Å². The summed E-state index contributed by atoms with van der Waals surface area (Å²) >= 11 is 6.59. The van der Waals surface area contributed by atoms with Crippen LogP contribution in [0.4, 0.5) is 0 Å². The van der Waals surface area contributed by atoms with Crippen LogP contribution < -0.4 is 9.47 Å². The minimum Gasteiger partial charge on any atom is -0.490 e. The van der Waals surface area contributed by atoms with E-state index in [9.17, 15) is 4.79 Å². The smallest absolute Gasteiger partial charge is 0.266 e. The summed E-state index contributed by atoms with van der Waals surface area (Å²) in [5.41, 5.74) is 3.24. The van der Waals surface area contributed by atoms with E-state index in [2.05, 4.69) is 13.0 Å². The highest BCUT2D eigenvalue weighted by Crippen LogP contribution is 2.32. The van der Waals surface area contributed by atoms with Gasteiger partial charge in [-0.3, -0.25) is 9.69 Å². The number of rotatable bonds is 7. The minimum absolute atomic E-state index is 0.0364. The zero-order valence-corrected chi connectivity index (χ0v) is 17.9. The van der Waals surface area contributed by atoms with Crippen LogP contribution in [0.5, 0.6) is 11.5 Å². The van der Waals surface area contributed by atoms with E-state index in [1.807, 2.05) is 56.3 Å². The van der Waals surface area contributed by atoms with Gasteiger partial charge in [0, 0.05) is 6.54 Å². The van der Waals surface area contributed by atoms with Crippen LogP contribution >= 0.6 is 24.0 Å². The van der Waals surface area contributed by atoms with Gasteiger partial charge in [-0.05, 0) is 56.2 Å². The highest BCUT2D eigenvalue weighted by Gasteiger charge is 2.30. The minimum atomic E-state index is -0.0364. The first kappa shape index (κ1) is 20.4. The molecule has 4 nitrogen and oxygen atoms in total. The fourth-order valence-corrected chi connectivity index (χ4v) is 4.27. The maximum absolute atomic E-state index is 12.3. The van der Waals surface area contributed by atoms with E-state index in [0.29, 0.717) is 29.0 Å². The number of thioether (sulfide) groups is 1. The number of carbonyl (C=O) groups is 1. The van der Waals surface area contributed by atoms with Gasteiger partial charge in [0.1, 0.15) is 29.0 Å². The SMILES string of the molecule is CCN1C(=O)/C(=C/c2cccc(OCCOc3ccc(C)cc3C)c2)SC1=S. The molecule has 1 aliphatic heterocycles. The van der Waals surface area contributed by atoms with Gasteiger partial charge in [-0.15, -0.1) is 0 Å². The molecule has 0 spiro atoms. The molecule has 1 saturated heterocycles. The lowest BCUT2D eigenvalue weighted by Crippen LogP contribution is -2.27. The average Bonchev–Trinajstić information content (AvgIpc) is 2.93. The summed E-state index contributed by atoms with van der Waals surface area (Å²) in [5, 5.41) is 0. The van der Waals surface area contributed by atoms with Crippen LogP contribution in [0.2, 0.25) is 0 Å². The molecule has 0 bridgehead atoms. The molecular formula is C22H23NO3S2. The number of likely N-dealkylation sites (N-methyl/N-ethyl adjacent to an activating group) is 1. The van der Waals surface area contributed by atoms with Crippen molar-refractivity contribution >= 4 is 40.3 Å². The van der Waals surface area contributed by atoms with E-state index < -0.39 is 0 Å². The number of thiocarbonyl (C=S) groups is 1. The number of benzene rings is 2. The monoisotopic (exact) mass is 413 g/mol. The first-order chi connectivity index (χ1) is 13.5. The Bertz CT molecular complexity index is 924. The molecule has 0 aliphatic carbocycles. The van der Waals surface area contributed by atoms with E-state index in [0.717, 1.165) is 22.6 Å².